The monoisotopic (exact) mass is 269 g/mol. The van der Waals surface area contributed by atoms with E-state index in [1.165, 1.54) is 45.3 Å². The first-order chi connectivity index (χ1) is 8.99. The third kappa shape index (κ3) is 7.31. The molecule has 1 aliphatic rings. The van der Waals surface area contributed by atoms with E-state index >= 15 is 0 Å². The molecule has 0 N–H and O–H groups in total. The summed E-state index contributed by atoms with van der Waals surface area (Å²) in [5.41, 5.74) is 0. The molecule has 1 unspecified atom stereocenters. The zero-order valence-electron chi connectivity index (χ0n) is 13.8. The standard InChI is InChI=1S/C17H35NO/c1-14(2)13-18-10-8-17(9-11-18)19-12-6-7-16(5)15(3)4/h14-17H,6-13H2,1-5H3. The molecule has 0 aromatic rings. The Labute approximate surface area is 120 Å². The molecule has 2 heteroatoms. The molecule has 0 bridgehead atoms. The highest BCUT2D eigenvalue weighted by Crippen LogP contribution is 2.18. The van der Waals surface area contributed by atoms with Gasteiger partial charge in [0.25, 0.3) is 0 Å². The zero-order valence-corrected chi connectivity index (χ0v) is 13.8. The number of likely N-dealkylation sites (tertiary alicyclic amines) is 1. The van der Waals surface area contributed by atoms with Crippen LogP contribution in [0.3, 0.4) is 0 Å². The maximum atomic E-state index is 6.04. The lowest BCUT2D eigenvalue weighted by molar-refractivity contribution is 0.00263. The number of piperidine rings is 1. The molecule has 19 heavy (non-hydrogen) atoms. The zero-order chi connectivity index (χ0) is 14.3. The molecule has 1 atom stereocenters. The van der Waals surface area contributed by atoms with Crippen LogP contribution in [0.25, 0.3) is 0 Å². The Kier molecular flexibility index (Phi) is 8.01. The van der Waals surface area contributed by atoms with Crippen LogP contribution >= 0.6 is 0 Å². The molecule has 1 rings (SSSR count). The van der Waals surface area contributed by atoms with Gasteiger partial charge in [-0.1, -0.05) is 34.6 Å². The van der Waals surface area contributed by atoms with Gasteiger partial charge < -0.3 is 9.64 Å². The number of rotatable bonds is 8. The molecule has 0 spiro atoms. The summed E-state index contributed by atoms with van der Waals surface area (Å²) in [6, 6.07) is 0. The molecule has 0 amide bonds. The fourth-order valence-electron chi connectivity index (χ4n) is 2.76. The van der Waals surface area contributed by atoms with E-state index in [0.29, 0.717) is 6.10 Å². The molecular formula is C17H35NO. The largest absolute Gasteiger partial charge is 0.378 e. The van der Waals surface area contributed by atoms with Crippen molar-refractivity contribution < 1.29 is 4.74 Å². The Morgan fingerprint density at radius 3 is 2.21 bits per heavy atom. The van der Waals surface area contributed by atoms with Gasteiger partial charge in [-0.3, -0.25) is 0 Å². The molecular weight excluding hydrogens is 234 g/mol. The molecule has 0 radical (unpaired) electrons. The SMILES string of the molecule is CC(C)CN1CCC(OCCCC(C)C(C)C)CC1. The highest BCUT2D eigenvalue weighted by atomic mass is 16.5. The summed E-state index contributed by atoms with van der Waals surface area (Å²) in [5.74, 6) is 2.42. The van der Waals surface area contributed by atoms with E-state index in [1.807, 2.05) is 0 Å². The number of hydrogen-bond donors (Lipinski definition) is 0. The van der Waals surface area contributed by atoms with Crippen molar-refractivity contribution in [2.75, 3.05) is 26.2 Å². The minimum atomic E-state index is 0.526. The van der Waals surface area contributed by atoms with Crippen LogP contribution in [0.15, 0.2) is 0 Å². The van der Waals surface area contributed by atoms with Crippen molar-refractivity contribution in [2.24, 2.45) is 17.8 Å². The van der Waals surface area contributed by atoms with Crippen molar-refractivity contribution in [2.45, 2.75) is 66.4 Å². The van der Waals surface area contributed by atoms with Crippen molar-refractivity contribution in [3.05, 3.63) is 0 Å². The lowest BCUT2D eigenvalue weighted by atomic mass is 9.93. The van der Waals surface area contributed by atoms with E-state index in [4.69, 9.17) is 4.74 Å². The van der Waals surface area contributed by atoms with Crippen molar-refractivity contribution >= 4 is 0 Å². The van der Waals surface area contributed by atoms with Gasteiger partial charge in [-0.15, -0.1) is 0 Å². The van der Waals surface area contributed by atoms with Crippen molar-refractivity contribution in [1.82, 2.24) is 4.90 Å². The van der Waals surface area contributed by atoms with Gasteiger partial charge >= 0.3 is 0 Å². The summed E-state index contributed by atoms with van der Waals surface area (Å²) in [5, 5.41) is 0. The average Bonchev–Trinajstić information content (AvgIpc) is 2.35. The van der Waals surface area contributed by atoms with E-state index < -0.39 is 0 Å². The van der Waals surface area contributed by atoms with Gasteiger partial charge in [-0.05, 0) is 43.4 Å². The lowest BCUT2D eigenvalue weighted by Gasteiger charge is -2.33. The van der Waals surface area contributed by atoms with Crippen molar-refractivity contribution in [3.63, 3.8) is 0 Å². The maximum Gasteiger partial charge on any atom is 0.0599 e. The molecule has 1 heterocycles. The normalized spacial score (nSPS) is 20.4. The van der Waals surface area contributed by atoms with Crippen LogP contribution in [0.1, 0.15) is 60.3 Å². The van der Waals surface area contributed by atoms with Gasteiger partial charge in [0.1, 0.15) is 0 Å². The minimum Gasteiger partial charge on any atom is -0.378 e. The molecule has 1 fully saturated rings. The summed E-state index contributed by atoms with van der Waals surface area (Å²) < 4.78 is 6.04. The smallest absolute Gasteiger partial charge is 0.0599 e. The fraction of sp³-hybridized carbons (Fsp3) is 1.00. The molecule has 0 saturated carbocycles. The number of hydrogen-bond acceptors (Lipinski definition) is 2. The van der Waals surface area contributed by atoms with Crippen LogP contribution in [-0.4, -0.2) is 37.2 Å². The van der Waals surface area contributed by atoms with Crippen LogP contribution in [0.2, 0.25) is 0 Å². The van der Waals surface area contributed by atoms with E-state index in [2.05, 4.69) is 39.5 Å². The minimum absolute atomic E-state index is 0.526. The van der Waals surface area contributed by atoms with Gasteiger partial charge in [-0.2, -0.15) is 0 Å². The van der Waals surface area contributed by atoms with E-state index in [9.17, 15) is 0 Å². The molecule has 2 nitrogen and oxygen atoms in total. The van der Waals surface area contributed by atoms with Gasteiger partial charge in [0.2, 0.25) is 0 Å². The van der Waals surface area contributed by atoms with Crippen LogP contribution in [-0.2, 0) is 4.74 Å². The second-order valence-corrected chi connectivity index (χ2v) is 7.13. The van der Waals surface area contributed by atoms with Gasteiger partial charge in [0, 0.05) is 26.2 Å². The quantitative estimate of drug-likeness (QED) is 0.612. The summed E-state index contributed by atoms with van der Waals surface area (Å²) in [4.78, 5) is 2.59. The topological polar surface area (TPSA) is 12.5 Å². The first kappa shape index (κ1) is 17.0. The highest BCUT2D eigenvalue weighted by molar-refractivity contribution is 4.73. The van der Waals surface area contributed by atoms with Gasteiger partial charge in [0.05, 0.1) is 6.10 Å². The van der Waals surface area contributed by atoms with Gasteiger partial charge in [0.15, 0.2) is 0 Å². The predicted octanol–water partition coefficient (Wildman–Crippen LogP) is 4.20. The third-order valence-corrected chi connectivity index (χ3v) is 4.45. The van der Waals surface area contributed by atoms with Crippen LogP contribution in [0, 0.1) is 17.8 Å². The summed E-state index contributed by atoms with van der Waals surface area (Å²) in [7, 11) is 0. The maximum absolute atomic E-state index is 6.04. The Morgan fingerprint density at radius 2 is 1.68 bits per heavy atom. The molecule has 1 aliphatic heterocycles. The highest BCUT2D eigenvalue weighted by Gasteiger charge is 2.19. The van der Waals surface area contributed by atoms with Crippen molar-refractivity contribution in [1.29, 1.82) is 0 Å². The van der Waals surface area contributed by atoms with E-state index in [1.54, 1.807) is 0 Å². The van der Waals surface area contributed by atoms with Crippen LogP contribution in [0.4, 0.5) is 0 Å². The van der Waals surface area contributed by atoms with Crippen LogP contribution < -0.4 is 0 Å². The second-order valence-electron chi connectivity index (χ2n) is 7.13. The summed E-state index contributed by atoms with van der Waals surface area (Å²) in [6.07, 6.45) is 5.52. The second kappa shape index (κ2) is 8.97. The fourth-order valence-corrected chi connectivity index (χ4v) is 2.76. The summed E-state index contributed by atoms with van der Waals surface area (Å²) >= 11 is 0. The summed E-state index contributed by atoms with van der Waals surface area (Å²) in [6.45, 7) is 16.3. The first-order valence-corrected chi connectivity index (χ1v) is 8.33. The Bertz CT molecular complexity index is 219. The Balaban J connectivity index is 2.03. The Morgan fingerprint density at radius 1 is 1.05 bits per heavy atom. The molecule has 0 aromatic carbocycles. The molecule has 1 saturated heterocycles. The molecule has 0 aliphatic carbocycles. The van der Waals surface area contributed by atoms with Gasteiger partial charge in [-0.25, -0.2) is 0 Å². The van der Waals surface area contributed by atoms with Crippen molar-refractivity contribution in [3.8, 4) is 0 Å². The van der Waals surface area contributed by atoms with E-state index in [-0.39, 0.29) is 0 Å². The average molecular weight is 269 g/mol. The number of nitrogens with zero attached hydrogens (tertiary/aromatic N) is 1. The third-order valence-electron chi connectivity index (χ3n) is 4.45. The first-order valence-electron chi connectivity index (χ1n) is 8.33. The lowest BCUT2D eigenvalue weighted by Crippen LogP contribution is -2.39. The Hall–Kier alpha value is -0.0800. The van der Waals surface area contributed by atoms with Crippen LogP contribution in [0.5, 0.6) is 0 Å². The predicted molar refractivity (Wildman–Crippen MR) is 83.5 cm³/mol. The number of ether oxygens (including phenoxy) is 1. The molecule has 114 valence electrons. The molecule has 0 aromatic heterocycles. The van der Waals surface area contributed by atoms with E-state index in [0.717, 1.165) is 24.4 Å².